The highest BCUT2D eigenvalue weighted by Crippen LogP contribution is 2.35. The second kappa shape index (κ2) is 4.72. The molecule has 1 N–H and O–H groups in total. The highest BCUT2D eigenvalue weighted by Gasteiger charge is 2.44. The predicted molar refractivity (Wildman–Crippen MR) is 71.5 cm³/mol. The second-order valence-corrected chi connectivity index (χ2v) is 6.78. The number of hydrogen-bond acceptors (Lipinski definition) is 3. The summed E-state index contributed by atoms with van der Waals surface area (Å²) < 4.78 is 5.55. The van der Waals surface area contributed by atoms with Crippen LogP contribution in [0.3, 0.4) is 0 Å². The van der Waals surface area contributed by atoms with E-state index in [4.69, 9.17) is 4.74 Å². The summed E-state index contributed by atoms with van der Waals surface area (Å²) in [5, 5.41) is 3.48. The number of fused-ring (bicyclic) bond motifs is 2. The van der Waals surface area contributed by atoms with Crippen molar-refractivity contribution in [3.05, 3.63) is 0 Å². The first kappa shape index (κ1) is 13.7. The predicted octanol–water partition coefficient (Wildman–Crippen LogP) is 2.24. The van der Waals surface area contributed by atoms with Crippen LogP contribution in [0.25, 0.3) is 0 Å². The summed E-state index contributed by atoms with van der Waals surface area (Å²) in [5.41, 5.74) is -0.415. The summed E-state index contributed by atoms with van der Waals surface area (Å²) in [6, 6.07) is 0.526. The van der Waals surface area contributed by atoms with Crippen LogP contribution in [-0.2, 0) is 4.74 Å². The van der Waals surface area contributed by atoms with Gasteiger partial charge in [0.05, 0.1) is 0 Å². The van der Waals surface area contributed by atoms with Crippen LogP contribution >= 0.6 is 0 Å². The Morgan fingerprint density at radius 3 is 2.11 bits per heavy atom. The molecule has 0 aromatic heterocycles. The normalized spacial score (nSPS) is 36.4. The van der Waals surface area contributed by atoms with Crippen LogP contribution in [0.4, 0.5) is 4.79 Å². The van der Waals surface area contributed by atoms with Gasteiger partial charge in [-0.05, 0) is 66.0 Å². The van der Waals surface area contributed by atoms with E-state index < -0.39 is 5.60 Å². The summed E-state index contributed by atoms with van der Waals surface area (Å²) >= 11 is 0. The lowest BCUT2D eigenvalue weighted by atomic mass is 9.77. The van der Waals surface area contributed by atoms with Crippen LogP contribution in [0.5, 0.6) is 0 Å². The minimum absolute atomic E-state index is 0.154. The molecule has 2 aliphatic rings. The molecule has 4 atom stereocenters. The van der Waals surface area contributed by atoms with Gasteiger partial charge in [0.25, 0.3) is 0 Å². The van der Waals surface area contributed by atoms with Gasteiger partial charge < -0.3 is 15.0 Å². The number of ether oxygens (including phenoxy) is 1. The van der Waals surface area contributed by atoms with Gasteiger partial charge in [0.15, 0.2) is 0 Å². The van der Waals surface area contributed by atoms with Crippen molar-refractivity contribution in [1.82, 2.24) is 10.2 Å². The van der Waals surface area contributed by atoms with Crippen LogP contribution < -0.4 is 5.32 Å². The third kappa shape index (κ3) is 2.63. The Bertz CT molecular complexity index is 308. The third-order valence-electron chi connectivity index (χ3n) is 4.26. The monoisotopic (exact) mass is 254 g/mol. The number of carbonyl (C=O) groups is 1. The molecule has 0 aliphatic carbocycles. The molecule has 1 amide bonds. The minimum Gasteiger partial charge on any atom is -0.444 e. The van der Waals surface area contributed by atoms with E-state index in [1.165, 1.54) is 6.42 Å². The van der Waals surface area contributed by atoms with Crippen molar-refractivity contribution in [3.8, 4) is 0 Å². The maximum atomic E-state index is 12.3. The summed E-state index contributed by atoms with van der Waals surface area (Å²) in [4.78, 5) is 14.3. The van der Waals surface area contributed by atoms with E-state index in [1.54, 1.807) is 0 Å². The Morgan fingerprint density at radius 1 is 1.17 bits per heavy atom. The molecular weight excluding hydrogens is 228 g/mol. The molecule has 2 bridgehead atoms. The third-order valence-corrected chi connectivity index (χ3v) is 4.26. The van der Waals surface area contributed by atoms with Gasteiger partial charge in [-0.15, -0.1) is 0 Å². The molecule has 0 saturated carbocycles. The Kier molecular flexibility index (Phi) is 3.58. The standard InChI is InChI=1S/C14H26N2O2/c1-9-11-6-12(8-15-7-11)10(2)16(9)13(17)18-14(3,4)5/h9-12,15H,6-8H2,1-5H3/t9?,10?,11-,12+. The molecule has 2 saturated heterocycles. The van der Waals surface area contributed by atoms with Crippen molar-refractivity contribution in [1.29, 1.82) is 0 Å². The zero-order valence-corrected chi connectivity index (χ0v) is 12.2. The van der Waals surface area contributed by atoms with Gasteiger partial charge in [0.2, 0.25) is 0 Å². The van der Waals surface area contributed by atoms with Crippen LogP contribution in [0.2, 0.25) is 0 Å². The molecule has 4 heteroatoms. The number of nitrogens with zero attached hydrogens (tertiary/aromatic N) is 1. The molecule has 2 aliphatic heterocycles. The van der Waals surface area contributed by atoms with Gasteiger partial charge in [0, 0.05) is 12.1 Å². The van der Waals surface area contributed by atoms with Crippen LogP contribution in [0, 0.1) is 11.8 Å². The fourth-order valence-electron chi connectivity index (χ4n) is 3.22. The Balaban J connectivity index is 2.12. The molecule has 0 spiro atoms. The number of hydrogen-bond donors (Lipinski definition) is 1. The fourth-order valence-corrected chi connectivity index (χ4v) is 3.22. The van der Waals surface area contributed by atoms with Gasteiger partial charge in [-0.25, -0.2) is 4.79 Å². The van der Waals surface area contributed by atoms with Crippen LogP contribution in [0.1, 0.15) is 41.0 Å². The van der Waals surface area contributed by atoms with E-state index in [0.29, 0.717) is 11.8 Å². The summed E-state index contributed by atoms with van der Waals surface area (Å²) in [6.07, 6.45) is 1.08. The van der Waals surface area contributed by atoms with Crippen LogP contribution in [-0.4, -0.2) is 41.8 Å². The summed E-state index contributed by atoms with van der Waals surface area (Å²) in [6.45, 7) is 12.1. The fraction of sp³-hybridized carbons (Fsp3) is 0.929. The average molecular weight is 254 g/mol. The Labute approximate surface area is 110 Å². The number of nitrogens with one attached hydrogen (secondary N) is 1. The van der Waals surface area contributed by atoms with Crippen molar-refractivity contribution >= 4 is 6.09 Å². The smallest absolute Gasteiger partial charge is 0.410 e. The molecule has 4 nitrogen and oxygen atoms in total. The molecule has 0 radical (unpaired) electrons. The number of carbonyl (C=O) groups excluding carboxylic acids is 1. The highest BCUT2D eigenvalue weighted by molar-refractivity contribution is 5.69. The Morgan fingerprint density at radius 2 is 1.67 bits per heavy atom. The van der Waals surface area contributed by atoms with E-state index >= 15 is 0 Å². The second-order valence-electron chi connectivity index (χ2n) is 6.78. The van der Waals surface area contributed by atoms with Crippen molar-refractivity contribution in [2.45, 2.75) is 58.7 Å². The largest absolute Gasteiger partial charge is 0.444 e. The van der Waals surface area contributed by atoms with E-state index in [2.05, 4.69) is 19.2 Å². The van der Waals surface area contributed by atoms with E-state index in [1.807, 2.05) is 25.7 Å². The lowest BCUT2D eigenvalue weighted by Gasteiger charge is -2.50. The summed E-state index contributed by atoms with van der Waals surface area (Å²) in [7, 11) is 0. The van der Waals surface area contributed by atoms with E-state index in [-0.39, 0.29) is 18.2 Å². The number of amides is 1. The topological polar surface area (TPSA) is 41.6 Å². The first-order valence-corrected chi connectivity index (χ1v) is 7.01. The van der Waals surface area contributed by atoms with Crippen LogP contribution in [0.15, 0.2) is 0 Å². The number of likely N-dealkylation sites (tertiary alicyclic amines) is 1. The molecular formula is C14H26N2O2. The Hall–Kier alpha value is -0.770. The van der Waals surface area contributed by atoms with E-state index in [0.717, 1.165) is 13.1 Å². The van der Waals surface area contributed by atoms with Gasteiger partial charge in [-0.3, -0.25) is 0 Å². The summed E-state index contributed by atoms with van der Waals surface area (Å²) in [5.74, 6) is 1.12. The zero-order chi connectivity index (χ0) is 13.5. The number of piperidine rings is 2. The average Bonchev–Trinajstić information content (AvgIpc) is 2.25. The first-order chi connectivity index (χ1) is 8.29. The lowest BCUT2D eigenvalue weighted by molar-refractivity contribution is -0.0345. The molecule has 18 heavy (non-hydrogen) atoms. The molecule has 0 aromatic rings. The SMILES string of the molecule is CC1[C@@H]2CNC[C@@H](C2)C(C)N1C(=O)OC(C)(C)C. The van der Waals surface area contributed by atoms with Gasteiger partial charge in [-0.1, -0.05) is 0 Å². The molecule has 2 unspecified atom stereocenters. The number of rotatable bonds is 0. The first-order valence-electron chi connectivity index (χ1n) is 7.01. The minimum atomic E-state index is -0.415. The van der Waals surface area contributed by atoms with Gasteiger partial charge in [-0.2, -0.15) is 0 Å². The molecule has 2 heterocycles. The molecule has 2 fully saturated rings. The molecule has 104 valence electrons. The van der Waals surface area contributed by atoms with Gasteiger partial charge in [0.1, 0.15) is 5.60 Å². The zero-order valence-electron chi connectivity index (χ0n) is 12.2. The van der Waals surface area contributed by atoms with Gasteiger partial charge >= 0.3 is 6.09 Å². The van der Waals surface area contributed by atoms with Crippen molar-refractivity contribution < 1.29 is 9.53 Å². The van der Waals surface area contributed by atoms with Crippen molar-refractivity contribution in [3.63, 3.8) is 0 Å². The molecule has 0 aromatic carbocycles. The maximum Gasteiger partial charge on any atom is 0.410 e. The van der Waals surface area contributed by atoms with Crippen molar-refractivity contribution in [2.24, 2.45) is 11.8 Å². The van der Waals surface area contributed by atoms with E-state index in [9.17, 15) is 4.79 Å². The van der Waals surface area contributed by atoms with Crippen molar-refractivity contribution in [2.75, 3.05) is 13.1 Å². The quantitative estimate of drug-likeness (QED) is 0.721. The maximum absolute atomic E-state index is 12.3. The molecule has 2 rings (SSSR count). The highest BCUT2D eigenvalue weighted by atomic mass is 16.6. The lowest BCUT2D eigenvalue weighted by Crippen LogP contribution is -2.62.